The first-order valence-corrected chi connectivity index (χ1v) is 9.80. The standard InChI is InChI=1S/C23H23FN2O3/c24-20-8-6-16(7-9-20)12-21-13-25-22(29-21)19-5-2-10-26(15-19)14-17-3-1-4-18(11-17)23(27)28/h1,3-4,6-9,11,13,19H,2,5,10,12,14-15H2,(H,27,28)/t19-/m0/s1. The number of carboxylic acid groups (broad SMARTS) is 1. The number of nitrogens with zero attached hydrogens (tertiary/aromatic N) is 2. The molecule has 0 unspecified atom stereocenters. The van der Waals surface area contributed by atoms with Crippen molar-refractivity contribution in [2.45, 2.75) is 31.7 Å². The second kappa shape index (κ2) is 8.57. The van der Waals surface area contributed by atoms with E-state index in [4.69, 9.17) is 4.42 Å². The maximum Gasteiger partial charge on any atom is 0.335 e. The number of oxazole rings is 1. The van der Waals surface area contributed by atoms with Crippen LogP contribution >= 0.6 is 0 Å². The van der Waals surface area contributed by atoms with Gasteiger partial charge in [0.1, 0.15) is 11.6 Å². The lowest BCUT2D eigenvalue weighted by atomic mass is 9.97. The highest BCUT2D eigenvalue weighted by Crippen LogP contribution is 2.28. The third-order valence-corrected chi connectivity index (χ3v) is 5.30. The number of halogens is 1. The van der Waals surface area contributed by atoms with Crippen molar-refractivity contribution in [2.75, 3.05) is 13.1 Å². The normalized spacial score (nSPS) is 17.3. The van der Waals surface area contributed by atoms with Crippen molar-refractivity contribution in [1.29, 1.82) is 0 Å². The van der Waals surface area contributed by atoms with E-state index in [2.05, 4.69) is 9.88 Å². The Balaban J connectivity index is 1.39. The molecule has 150 valence electrons. The quantitative estimate of drug-likeness (QED) is 0.668. The predicted molar refractivity (Wildman–Crippen MR) is 106 cm³/mol. The van der Waals surface area contributed by atoms with Crippen molar-refractivity contribution in [3.8, 4) is 0 Å². The highest BCUT2D eigenvalue weighted by atomic mass is 19.1. The average Bonchev–Trinajstić information content (AvgIpc) is 3.19. The largest absolute Gasteiger partial charge is 0.478 e. The van der Waals surface area contributed by atoms with Crippen molar-refractivity contribution in [1.82, 2.24) is 9.88 Å². The van der Waals surface area contributed by atoms with Crippen LogP contribution in [0.1, 0.15) is 51.9 Å². The summed E-state index contributed by atoms with van der Waals surface area (Å²) in [4.78, 5) is 18.0. The summed E-state index contributed by atoms with van der Waals surface area (Å²) in [6.45, 7) is 2.51. The molecule has 0 saturated carbocycles. The Morgan fingerprint density at radius 2 is 2.03 bits per heavy atom. The van der Waals surface area contributed by atoms with Gasteiger partial charge < -0.3 is 9.52 Å². The first-order chi connectivity index (χ1) is 14.1. The Kier molecular flexibility index (Phi) is 5.71. The Morgan fingerprint density at radius 1 is 1.21 bits per heavy atom. The molecular formula is C23H23FN2O3. The van der Waals surface area contributed by atoms with E-state index in [9.17, 15) is 14.3 Å². The smallest absolute Gasteiger partial charge is 0.335 e. The van der Waals surface area contributed by atoms with Gasteiger partial charge in [0.2, 0.25) is 0 Å². The number of benzene rings is 2. The van der Waals surface area contributed by atoms with Gasteiger partial charge in [0.05, 0.1) is 11.8 Å². The van der Waals surface area contributed by atoms with Crippen LogP contribution in [0.2, 0.25) is 0 Å². The summed E-state index contributed by atoms with van der Waals surface area (Å²) in [5.41, 5.74) is 2.29. The van der Waals surface area contributed by atoms with E-state index in [0.717, 1.165) is 48.7 Å². The topological polar surface area (TPSA) is 66.6 Å². The summed E-state index contributed by atoms with van der Waals surface area (Å²) >= 11 is 0. The lowest BCUT2D eigenvalue weighted by molar-refractivity contribution is 0.0696. The summed E-state index contributed by atoms with van der Waals surface area (Å²) < 4.78 is 19.1. The van der Waals surface area contributed by atoms with Crippen LogP contribution < -0.4 is 0 Å². The highest BCUT2D eigenvalue weighted by molar-refractivity contribution is 5.87. The number of aromatic nitrogens is 1. The average molecular weight is 394 g/mol. The van der Waals surface area contributed by atoms with Gasteiger partial charge in [-0.1, -0.05) is 24.3 Å². The molecule has 1 saturated heterocycles. The van der Waals surface area contributed by atoms with Gasteiger partial charge in [0.25, 0.3) is 0 Å². The van der Waals surface area contributed by atoms with Crippen molar-refractivity contribution < 1.29 is 18.7 Å². The minimum atomic E-state index is -0.906. The third-order valence-electron chi connectivity index (χ3n) is 5.30. The molecule has 29 heavy (non-hydrogen) atoms. The maximum atomic E-state index is 13.1. The lowest BCUT2D eigenvalue weighted by Crippen LogP contribution is -2.34. The van der Waals surface area contributed by atoms with Crippen molar-refractivity contribution in [3.05, 3.63) is 88.9 Å². The molecule has 3 aromatic rings. The first kappa shape index (κ1) is 19.3. The van der Waals surface area contributed by atoms with E-state index < -0.39 is 5.97 Å². The Hall–Kier alpha value is -2.99. The Bertz CT molecular complexity index is 984. The molecule has 5 nitrogen and oxygen atoms in total. The van der Waals surface area contributed by atoms with Gasteiger partial charge in [-0.3, -0.25) is 4.90 Å². The van der Waals surface area contributed by atoms with Crippen LogP contribution in [-0.2, 0) is 13.0 Å². The maximum absolute atomic E-state index is 13.1. The number of aromatic carboxylic acids is 1. The molecular weight excluding hydrogens is 371 g/mol. The summed E-state index contributed by atoms with van der Waals surface area (Å²) in [6, 6.07) is 13.5. The Labute approximate surface area is 168 Å². The van der Waals surface area contributed by atoms with Gasteiger partial charge in [-0.2, -0.15) is 0 Å². The molecule has 2 heterocycles. The number of carboxylic acids is 1. The molecule has 2 aromatic carbocycles. The zero-order chi connectivity index (χ0) is 20.2. The summed E-state index contributed by atoms with van der Waals surface area (Å²) in [7, 11) is 0. The monoisotopic (exact) mass is 394 g/mol. The van der Waals surface area contributed by atoms with E-state index in [1.54, 1.807) is 36.5 Å². The first-order valence-electron chi connectivity index (χ1n) is 9.80. The fourth-order valence-corrected chi connectivity index (χ4v) is 3.86. The van der Waals surface area contributed by atoms with Crippen LogP contribution in [0.15, 0.2) is 59.1 Å². The minimum absolute atomic E-state index is 0.216. The van der Waals surface area contributed by atoms with Crippen molar-refractivity contribution >= 4 is 5.97 Å². The number of rotatable bonds is 6. The second-order valence-electron chi connectivity index (χ2n) is 7.55. The van der Waals surface area contributed by atoms with Crippen molar-refractivity contribution in [3.63, 3.8) is 0 Å². The number of likely N-dealkylation sites (tertiary alicyclic amines) is 1. The minimum Gasteiger partial charge on any atom is -0.478 e. The molecule has 4 rings (SSSR count). The molecule has 1 atom stereocenters. The van der Waals surface area contributed by atoms with E-state index in [1.165, 1.54) is 12.1 Å². The molecule has 0 radical (unpaired) electrons. The molecule has 6 heteroatoms. The van der Waals surface area contributed by atoms with Crippen LogP contribution in [-0.4, -0.2) is 34.0 Å². The van der Waals surface area contributed by atoms with E-state index >= 15 is 0 Å². The Morgan fingerprint density at radius 3 is 2.83 bits per heavy atom. The number of carbonyl (C=O) groups is 1. The molecule has 0 bridgehead atoms. The number of piperidine rings is 1. The van der Waals surface area contributed by atoms with Crippen LogP contribution in [0.4, 0.5) is 4.39 Å². The summed E-state index contributed by atoms with van der Waals surface area (Å²) in [5, 5.41) is 9.17. The van der Waals surface area contributed by atoms with Gasteiger partial charge in [0, 0.05) is 25.4 Å². The molecule has 1 aliphatic rings. The molecule has 1 aliphatic heterocycles. The third kappa shape index (κ3) is 4.90. The zero-order valence-corrected chi connectivity index (χ0v) is 16.1. The van der Waals surface area contributed by atoms with E-state index in [0.29, 0.717) is 18.5 Å². The molecule has 0 aliphatic carbocycles. The van der Waals surface area contributed by atoms with E-state index in [-0.39, 0.29) is 11.7 Å². The van der Waals surface area contributed by atoms with Gasteiger partial charge in [0.15, 0.2) is 5.89 Å². The lowest BCUT2D eigenvalue weighted by Gasteiger charge is -2.31. The van der Waals surface area contributed by atoms with Crippen LogP contribution in [0.3, 0.4) is 0 Å². The predicted octanol–water partition coefficient (Wildman–Crippen LogP) is 4.48. The van der Waals surface area contributed by atoms with Crippen molar-refractivity contribution in [2.24, 2.45) is 0 Å². The van der Waals surface area contributed by atoms with E-state index in [1.807, 2.05) is 6.07 Å². The molecule has 1 N–H and O–H groups in total. The van der Waals surface area contributed by atoms with Crippen LogP contribution in [0, 0.1) is 5.82 Å². The summed E-state index contributed by atoms with van der Waals surface area (Å²) in [6.07, 6.45) is 4.40. The second-order valence-corrected chi connectivity index (χ2v) is 7.55. The SMILES string of the molecule is O=C(O)c1cccc(CN2CCC[C@H](c3ncc(Cc4ccc(F)cc4)o3)C2)c1. The van der Waals surface area contributed by atoms with Gasteiger partial charge in [-0.05, 0) is 54.8 Å². The molecule has 1 aromatic heterocycles. The number of hydrogen-bond acceptors (Lipinski definition) is 4. The molecule has 1 fully saturated rings. The highest BCUT2D eigenvalue weighted by Gasteiger charge is 2.25. The van der Waals surface area contributed by atoms with Crippen LogP contribution in [0.25, 0.3) is 0 Å². The molecule has 0 amide bonds. The molecule has 0 spiro atoms. The fourth-order valence-electron chi connectivity index (χ4n) is 3.86. The fraction of sp³-hybridized carbons (Fsp3) is 0.304. The van der Waals surface area contributed by atoms with Crippen LogP contribution in [0.5, 0.6) is 0 Å². The number of hydrogen-bond donors (Lipinski definition) is 1. The van der Waals surface area contributed by atoms with Gasteiger partial charge in [-0.25, -0.2) is 14.2 Å². The zero-order valence-electron chi connectivity index (χ0n) is 16.1. The van der Waals surface area contributed by atoms with Gasteiger partial charge in [-0.15, -0.1) is 0 Å². The summed E-state index contributed by atoms with van der Waals surface area (Å²) in [5.74, 6) is 0.581. The van der Waals surface area contributed by atoms with Gasteiger partial charge >= 0.3 is 5.97 Å².